The van der Waals surface area contributed by atoms with Crippen molar-refractivity contribution in [3.8, 4) is 0 Å². The van der Waals surface area contributed by atoms with Gasteiger partial charge in [-0.1, -0.05) is 18.5 Å². The van der Waals surface area contributed by atoms with E-state index >= 15 is 0 Å². The summed E-state index contributed by atoms with van der Waals surface area (Å²) in [4.78, 5) is 61.9. The van der Waals surface area contributed by atoms with Crippen LogP contribution < -0.4 is 21.3 Å². The molecule has 2 atom stereocenters. The van der Waals surface area contributed by atoms with Crippen LogP contribution in [-0.2, 0) is 19.1 Å². The molecule has 186 valence electrons. The quantitative estimate of drug-likeness (QED) is 0.348. The van der Waals surface area contributed by atoms with Gasteiger partial charge in [-0.15, -0.1) is 0 Å². The zero-order valence-corrected chi connectivity index (χ0v) is 20.3. The number of halogens is 1. The van der Waals surface area contributed by atoms with Crippen molar-refractivity contribution in [2.75, 3.05) is 12.4 Å². The van der Waals surface area contributed by atoms with Crippen LogP contribution in [0.4, 0.5) is 10.5 Å². The number of carbonyl (C=O) groups is 5. The van der Waals surface area contributed by atoms with E-state index in [0.29, 0.717) is 0 Å². The average Bonchev–Trinajstić information content (AvgIpc) is 2.78. The summed E-state index contributed by atoms with van der Waals surface area (Å²) in [6.45, 7) is 3.76. The number of Topliss-reactive ketones (excluding diaryl/α,β-unsaturated/α-hetero) is 1. The minimum atomic E-state index is -1.26. The summed E-state index contributed by atoms with van der Waals surface area (Å²) in [5, 5.41) is 10.2. The molecule has 4 amide bonds. The predicted octanol–water partition coefficient (Wildman–Crippen LogP) is 2.55. The fourth-order valence-corrected chi connectivity index (χ4v) is 3.28. The molecule has 10 nitrogen and oxygen atoms in total. The number of amides is 4. The number of hydrogen-bond donors (Lipinski definition) is 4. The maximum absolute atomic E-state index is 13.0. The molecule has 0 saturated heterocycles. The van der Waals surface area contributed by atoms with E-state index in [0.717, 1.165) is 25.7 Å². The van der Waals surface area contributed by atoms with Gasteiger partial charge in [0.2, 0.25) is 11.7 Å². The molecule has 1 aromatic rings. The molecule has 0 spiro atoms. The smallest absolute Gasteiger partial charge is 0.411 e. The van der Waals surface area contributed by atoms with Crippen molar-refractivity contribution in [2.45, 2.75) is 70.6 Å². The largest absolute Gasteiger partial charge is 0.446 e. The lowest BCUT2D eigenvalue weighted by molar-refractivity contribution is -0.138. The number of nitrogens with one attached hydrogen (secondary N) is 4. The van der Waals surface area contributed by atoms with Crippen LogP contribution in [0.3, 0.4) is 0 Å². The molecule has 1 aliphatic carbocycles. The molecule has 4 N–H and O–H groups in total. The zero-order chi connectivity index (χ0) is 25.3. The lowest BCUT2D eigenvalue weighted by Crippen LogP contribution is -2.47. The number of rotatable bonds is 11. The van der Waals surface area contributed by atoms with E-state index in [9.17, 15) is 24.0 Å². The first kappa shape index (κ1) is 27.1. The lowest BCUT2D eigenvalue weighted by atomic mass is 9.96. The summed E-state index contributed by atoms with van der Waals surface area (Å²) < 4.78 is 5.26. The number of ether oxygens (including phenoxy) is 1. The molecule has 1 fully saturated rings. The maximum Gasteiger partial charge on any atom is 0.411 e. The number of hydrogen-bond acceptors (Lipinski definition) is 6. The number of likely N-dealkylation sites (N-methyl/N-ethyl adjacent to an activating group) is 1. The Morgan fingerprint density at radius 3 is 2.44 bits per heavy atom. The van der Waals surface area contributed by atoms with E-state index in [1.54, 1.807) is 0 Å². The van der Waals surface area contributed by atoms with Gasteiger partial charge in [-0.3, -0.25) is 24.5 Å². The molecule has 1 aliphatic rings. The minimum absolute atomic E-state index is 0.0168. The van der Waals surface area contributed by atoms with Crippen molar-refractivity contribution in [3.05, 3.63) is 28.8 Å². The van der Waals surface area contributed by atoms with E-state index in [-0.39, 0.29) is 47.2 Å². The summed E-state index contributed by atoms with van der Waals surface area (Å²) in [6, 6.07) is 2.95. The normalized spacial score (nSPS) is 14.7. The monoisotopic (exact) mass is 494 g/mol. The van der Waals surface area contributed by atoms with E-state index in [1.165, 1.54) is 25.2 Å². The second-order valence-electron chi connectivity index (χ2n) is 8.16. The van der Waals surface area contributed by atoms with Gasteiger partial charge in [0.15, 0.2) is 0 Å². The summed E-state index contributed by atoms with van der Waals surface area (Å²) in [6.07, 6.45) is 2.27. The molecular formula is C23H31ClN4O6. The van der Waals surface area contributed by atoms with Crippen molar-refractivity contribution in [2.24, 2.45) is 0 Å². The van der Waals surface area contributed by atoms with Crippen LogP contribution in [0.1, 0.15) is 62.7 Å². The summed E-state index contributed by atoms with van der Waals surface area (Å²) in [5.74, 6) is -2.84. The van der Waals surface area contributed by atoms with Crippen LogP contribution >= 0.6 is 11.6 Å². The van der Waals surface area contributed by atoms with Gasteiger partial charge in [-0.2, -0.15) is 0 Å². The average molecular weight is 495 g/mol. The molecule has 11 heteroatoms. The summed E-state index contributed by atoms with van der Waals surface area (Å²) >= 11 is 6.04. The van der Waals surface area contributed by atoms with Gasteiger partial charge in [0.1, 0.15) is 6.10 Å². The van der Waals surface area contributed by atoms with Crippen molar-refractivity contribution in [3.63, 3.8) is 0 Å². The molecule has 0 bridgehead atoms. The second kappa shape index (κ2) is 12.9. The SMILES string of the molecule is CC[C@@H](C)NC(=O)CC[C@H](NC(=O)c1cc(Cl)ccc1NC(=O)OC1CCC1)C(=O)C(=O)NC. The van der Waals surface area contributed by atoms with Crippen LogP contribution in [0.25, 0.3) is 0 Å². The van der Waals surface area contributed by atoms with Crippen molar-refractivity contribution < 1.29 is 28.7 Å². The number of anilines is 1. The van der Waals surface area contributed by atoms with E-state index in [4.69, 9.17) is 16.3 Å². The first-order chi connectivity index (χ1) is 16.1. The van der Waals surface area contributed by atoms with E-state index < -0.39 is 29.7 Å². The molecule has 2 rings (SSSR count). The van der Waals surface area contributed by atoms with Gasteiger partial charge in [0.05, 0.1) is 17.3 Å². The Morgan fingerprint density at radius 2 is 1.85 bits per heavy atom. The first-order valence-corrected chi connectivity index (χ1v) is 11.7. The van der Waals surface area contributed by atoms with Gasteiger partial charge >= 0.3 is 6.09 Å². The van der Waals surface area contributed by atoms with Gasteiger partial charge in [-0.05, 0) is 57.2 Å². The molecule has 0 heterocycles. The van der Waals surface area contributed by atoms with Gasteiger partial charge in [0, 0.05) is 24.5 Å². The Bertz CT molecular complexity index is 934. The summed E-state index contributed by atoms with van der Waals surface area (Å²) in [5.41, 5.74) is 0.115. The van der Waals surface area contributed by atoms with Gasteiger partial charge in [-0.25, -0.2) is 4.79 Å². The van der Waals surface area contributed by atoms with E-state index in [1.807, 2.05) is 13.8 Å². The third-order valence-electron chi connectivity index (χ3n) is 5.54. The number of benzene rings is 1. The van der Waals surface area contributed by atoms with Crippen molar-refractivity contribution in [1.82, 2.24) is 16.0 Å². The van der Waals surface area contributed by atoms with Crippen LogP contribution in [-0.4, -0.2) is 54.8 Å². The predicted molar refractivity (Wildman–Crippen MR) is 127 cm³/mol. The molecule has 1 aromatic carbocycles. The fourth-order valence-electron chi connectivity index (χ4n) is 3.10. The second-order valence-corrected chi connectivity index (χ2v) is 8.59. The Hall–Kier alpha value is -3.14. The molecule has 34 heavy (non-hydrogen) atoms. The highest BCUT2D eigenvalue weighted by molar-refractivity contribution is 6.38. The summed E-state index contributed by atoms with van der Waals surface area (Å²) in [7, 11) is 1.29. The highest BCUT2D eigenvalue weighted by atomic mass is 35.5. The third-order valence-corrected chi connectivity index (χ3v) is 5.78. The molecule has 0 radical (unpaired) electrons. The van der Waals surface area contributed by atoms with E-state index in [2.05, 4.69) is 21.3 Å². The van der Waals surface area contributed by atoms with Crippen LogP contribution in [0.5, 0.6) is 0 Å². The van der Waals surface area contributed by atoms with Crippen LogP contribution in [0.2, 0.25) is 5.02 Å². The Balaban J connectivity index is 2.15. The minimum Gasteiger partial charge on any atom is -0.446 e. The third kappa shape index (κ3) is 8.02. The highest BCUT2D eigenvalue weighted by Gasteiger charge is 2.29. The van der Waals surface area contributed by atoms with Gasteiger partial charge in [0.25, 0.3) is 11.8 Å². The zero-order valence-electron chi connectivity index (χ0n) is 19.5. The van der Waals surface area contributed by atoms with Crippen LogP contribution in [0.15, 0.2) is 18.2 Å². The van der Waals surface area contributed by atoms with Crippen molar-refractivity contribution >= 4 is 46.9 Å². The molecular weight excluding hydrogens is 464 g/mol. The molecule has 1 saturated carbocycles. The number of carbonyl (C=O) groups excluding carboxylic acids is 5. The molecule has 0 unspecified atom stereocenters. The standard InChI is InChI=1S/C23H31ClN4O6/c1-4-13(2)26-19(29)11-10-18(20(30)22(32)25-3)27-21(31)16-12-14(24)8-9-17(16)28-23(33)34-15-6-5-7-15/h8-9,12-13,15,18H,4-7,10-11H2,1-3H3,(H,25,32)(H,26,29)(H,27,31)(H,28,33)/t13-,18+/m1/s1. The lowest BCUT2D eigenvalue weighted by Gasteiger charge is -2.25. The van der Waals surface area contributed by atoms with Crippen molar-refractivity contribution in [1.29, 1.82) is 0 Å². The highest BCUT2D eigenvalue weighted by Crippen LogP contribution is 2.24. The molecule has 0 aliphatic heterocycles. The maximum atomic E-state index is 13.0. The fraction of sp³-hybridized carbons (Fsp3) is 0.522. The Kier molecular flexibility index (Phi) is 10.3. The topological polar surface area (TPSA) is 143 Å². The number of ketones is 1. The Morgan fingerprint density at radius 1 is 1.15 bits per heavy atom. The van der Waals surface area contributed by atoms with Gasteiger partial charge < -0.3 is 20.7 Å². The first-order valence-electron chi connectivity index (χ1n) is 11.3. The van der Waals surface area contributed by atoms with Crippen LogP contribution in [0, 0.1) is 0 Å². The molecule has 0 aromatic heterocycles. The Labute approximate surface area is 203 Å².